The van der Waals surface area contributed by atoms with Crippen molar-refractivity contribution >= 4 is 63.0 Å². The van der Waals surface area contributed by atoms with E-state index in [1.807, 2.05) is 71.2 Å². The zero-order valence-electron chi connectivity index (χ0n) is 28.9. The van der Waals surface area contributed by atoms with Gasteiger partial charge in [0.1, 0.15) is 0 Å². The first kappa shape index (κ1) is 31.9. The van der Waals surface area contributed by atoms with Crippen LogP contribution < -0.4 is 0 Å². The summed E-state index contributed by atoms with van der Waals surface area (Å²) in [5.74, 6) is 0. The zero-order chi connectivity index (χ0) is 36.2. The van der Waals surface area contributed by atoms with E-state index in [1.54, 1.807) is 0 Å². The standard InChI is InChI=1S/C50H28N2S2/c51-29-32-10-1-3-12-40(32)37-24-36(25-38(27-37)41-13-4-2-11-33(41)30-52)35-22-34(31-20-21-49-46(28-31)44-15-6-7-18-47(44)53-49)23-39(26-35)42-16-9-17-45-43-14-5-8-19-48(43)54-50(42)45/h1-28H. The van der Waals surface area contributed by atoms with Gasteiger partial charge in [0.15, 0.2) is 0 Å². The molecule has 54 heavy (non-hydrogen) atoms. The fraction of sp³-hybridized carbons (Fsp3) is 0. The first-order chi connectivity index (χ1) is 26.6. The molecule has 10 aromatic rings. The average Bonchev–Trinajstić information content (AvgIpc) is 3.81. The van der Waals surface area contributed by atoms with Crippen molar-refractivity contribution in [3.63, 3.8) is 0 Å². The van der Waals surface area contributed by atoms with Crippen molar-refractivity contribution in [2.24, 2.45) is 0 Å². The Balaban J connectivity index is 1.26. The maximum atomic E-state index is 10.1. The van der Waals surface area contributed by atoms with Gasteiger partial charge < -0.3 is 0 Å². The van der Waals surface area contributed by atoms with Gasteiger partial charge in [-0.25, -0.2) is 0 Å². The van der Waals surface area contributed by atoms with E-state index in [9.17, 15) is 10.5 Å². The molecule has 2 nitrogen and oxygen atoms in total. The number of benzene rings is 8. The number of rotatable bonds is 5. The molecule has 0 saturated carbocycles. The Bertz CT molecular complexity index is 3130. The molecule has 0 saturated heterocycles. The third kappa shape index (κ3) is 5.37. The van der Waals surface area contributed by atoms with Crippen LogP contribution in [0.5, 0.6) is 0 Å². The van der Waals surface area contributed by atoms with Crippen LogP contribution >= 0.6 is 22.7 Å². The van der Waals surface area contributed by atoms with E-state index in [4.69, 9.17) is 0 Å². The average molecular weight is 721 g/mol. The second-order valence-electron chi connectivity index (χ2n) is 13.5. The Labute approximate surface area is 320 Å². The molecule has 0 atom stereocenters. The number of thiophene rings is 2. The maximum Gasteiger partial charge on any atom is 0.0998 e. The summed E-state index contributed by atoms with van der Waals surface area (Å²) in [5.41, 5.74) is 11.5. The summed E-state index contributed by atoms with van der Waals surface area (Å²) in [6.07, 6.45) is 0. The van der Waals surface area contributed by atoms with E-state index < -0.39 is 0 Å². The molecule has 4 heteroatoms. The molecule has 0 radical (unpaired) electrons. The molecule has 8 aromatic carbocycles. The predicted molar refractivity (Wildman–Crippen MR) is 229 cm³/mol. The predicted octanol–water partition coefficient (Wildman–Crippen LogP) is 14.5. The first-order valence-corrected chi connectivity index (χ1v) is 19.4. The quantitative estimate of drug-likeness (QED) is 0.178. The van der Waals surface area contributed by atoms with Crippen LogP contribution in [0.2, 0.25) is 0 Å². The van der Waals surface area contributed by atoms with Gasteiger partial charge in [-0.15, -0.1) is 22.7 Å². The van der Waals surface area contributed by atoms with E-state index >= 15 is 0 Å². The van der Waals surface area contributed by atoms with Crippen molar-refractivity contribution in [3.05, 3.63) is 181 Å². The summed E-state index contributed by atoms with van der Waals surface area (Å²) in [7, 11) is 0. The Morgan fingerprint density at radius 1 is 0.315 bits per heavy atom. The van der Waals surface area contributed by atoms with Crippen LogP contribution in [0.25, 0.3) is 96.0 Å². The van der Waals surface area contributed by atoms with Gasteiger partial charge in [-0.1, -0.05) is 97.1 Å². The highest BCUT2D eigenvalue weighted by molar-refractivity contribution is 7.26. The Kier molecular flexibility index (Phi) is 7.67. The summed E-state index contributed by atoms with van der Waals surface area (Å²) < 4.78 is 5.10. The van der Waals surface area contributed by atoms with Crippen molar-refractivity contribution in [1.29, 1.82) is 10.5 Å². The summed E-state index contributed by atoms with van der Waals surface area (Å²) >= 11 is 3.67. The molecule has 250 valence electrons. The van der Waals surface area contributed by atoms with Gasteiger partial charge in [0.25, 0.3) is 0 Å². The molecular weight excluding hydrogens is 693 g/mol. The lowest BCUT2D eigenvalue weighted by Gasteiger charge is -2.16. The molecular formula is C50H28N2S2. The van der Waals surface area contributed by atoms with Crippen LogP contribution in [-0.4, -0.2) is 0 Å². The molecule has 0 aliphatic heterocycles. The Morgan fingerprint density at radius 3 is 1.41 bits per heavy atom. The third-order valence-electron chi connectivity index (χ3n) is 10.3. The molecule has 2 heterocycles. The summed E-state index contributed by atoms with van der Waals surface area (Å²) in [6, 6.07) is 64.4. The van der Waals surface area contributed by atoms with Crippen LogP contribution in [0.15, 0.2) is 170 Å². The van der Waals surface area contributed by atoms with Gasteiger partial charge in [0, 0.05) is 40.3 Å². The van der Waals surface area contributed by atoms with E-state index in [0.717, 1.165) is 50.1 Å². The highest BCUT2D eigenvalue weighted by Gasteiger charge is 2.17. The van der Waals surface area contributed by atoms with E-state index in [0.29, 0.717) is 11.1 Å². The van der Waals surface area contributed by atoms with Crippen molar-refractivity contribution in [1.82, 2.24) is 0 Å². The molecule has 10 rings (SSSR count). The molecule has 2 aromatic heterocycles. The van der Waals surface area contributed by atoms with Crippen molar-refractivity contribution < 1.29 is 0 Å². The number of hydrogen-bond donors (Lipinski definition) is 0. The number of nitrogens with zero attached hydrogens (tertiary/aromatic N) is 2. The first-order valence-electron chi connectivity index (χ1n) is 17.8. The largest absolute Gasteiger partial charge is 0.192 e. The van der Waals surface area contributed by atoms with Gasteiger partial charge in [-0.3, -0.25) is 0 Å². The Hall–Kier alpha value is -6.82. The van der Waals surface area contributed by atoms with Crippen LogP contribution in [0.4, 0.5) is 0 Å². The van der Waals surface area contributed by atoms with Gasteiger partial charge >= 0.3 is 0 Å². The highest BCUT2D eigenvalue weighted by Crippen LogP contribution is 2.44. The van der Waals surface area contributed by atoms with Crippen molar-refractivity contribution in [2.75, 3.05) is 0 Å². The molecule has 0 spiro atoms. The zero-order valence-corrected chi connectivity index (χ0v) is 30.5. The molecule has 0 amide bonds. The molecule has 0 bridgehead atoms. The van der Waals surface area contributed by atoms with E-state index in [1.165, 1.54) is 45.9 Å². The lowest BCUT2D eigenvalue weighted by atomic mass is 9.88. The molecule has 0 unspecified atom stereocenters. The minimum absolute atomic E-state index is 0.608. The smallest absolute Gasteiger partial charge is 0.0998 e. The van der Waals surface area contributed by atoms with Gasteiger partial charge in [0.05, 0.1) is 23.3 Å². The number of fused-ring (bicyclic) bond motifs is 6. The minimum atomic E-state index is 0.608. The van der Waals surface area contributed by atoms with Crippen LogP contribution in [0, 0.1) is 22.7 Å². The number of hydrogen-bond acceptors (Lipinski definition) is 4. The van der Waals surface area contributed by atoms with Gasteiger partial charge in [-0.2, -0.15) is 10.5 Å². The molecule has 0 aliphatic carbocycles. The normalized spacial score (nSPS) is 11.3. The highest BCUT2D eigenvalue weighted by atomic mass is 32.1. The minimum Gasteiger partial charge on any atom is -0.192 e. The second-order valence-corrected chi connectivity index (χ2v) is 15.6. The topological polar surface area (TPSA) is 47.6 Å². The van der Waals surface area contributed by atoms with Gasteiger partial charge in [0.2, 0.25) is 0 Å². The molecule has 0 fully saturated rings. The summed E-state index contributed by atoms with van der Waals surface area (Å²) in [6.45, 7) is 0. The van der Waals surface area contributed by atoms with Gasteiger partial charge in [-0.05, 0) is 128 Å². The Morgan fingerprint density at radius 2 is 0.759 bits per heavy atom. The monoisotopic (exact) mass is 720 g/mol. The van der Waals surface area contributed by atoms with Crippen molar-refractivity contribution in [2.45, 2.75) is 0 Å². The lowest BCUT2D eigenvalue weighted by molar-refractivity contribution is 1.47. The molecule has 0 aliphatic rings. The fourth-order valence-corrected chi connectivity index (χ4v) is 10.1. The second kappa shape index (κ2) is 13.0. The lowest BCUT2D eigenvalue weighted by Crippen LogP contribution is -1.91. The maximum absolute atomic E-state index is 10.1. The SMILES string of the molecule is N#Cc1ccccc1-c1cc(-c2cc(-c3ccc4sc5ccccc5c4c3)cc(-c3cccc4c3sc3ccccc34)c2)cc(-c2ccccc2C#N)c1. The van der Waals surface area contributed by atoms with Crippen LogP contribution in [-0.2, 0) is 0 Å². The van der Waals surface area contributed by atoms with Crippen LogP contribution in [0.1, 0.15) is 11.1 Å². The van der Waals surface area contributed by atoms with E-state index in [2.05, 4.69) is 133 Å². The van der Waals surface area contributed by atoms with Crippen molar-refractivity contribution in [3.8, 4) is 67.8 Å². The fourth-order valence-electron chi connectivity index (χ4n) is 7.77. The summed E-state index contributed by atoms with van der Waals surface area (Å²) in [4.78, 5) is 0. The van der Waals surface area contributed by atoms with Crippen LogP contribution in [0.3, 0.4) is 0 Å². The third-order valence-corrected chi connectivity index (χ3v) is 12.7. The van der Waals surface area contributed by atoms with E-state index in [-0.39, 0.29) is 0 Å². The summed E-state index contributed by atoms with van der Waals surface area (Å²) in [5, 5.41) is 25.3. The number of nitriles is 2. The molecule has 0 N–H and O–H groups in total.